The van der Waals surface area contributed by atoms with Gasteiger partial charge in [0.2, 0.25) is 5.91 Å². The Bertz CT molecular complexity index is 709. The lowest BCUT2D eigenvalue weighted by atomic mass is 10.2. The van der Waals surface area contributed by atoms with Gasteiger partial charge in [-0.2, -0.15) is 5.10 Å². The second-order valence-corrected chi connectivity index (χ2v) is 9.45. The number of thioether (sulfide) groups is 2. The molecule has 1 aromatic rings. The van der Waals surface area contributed by atoms with Crippen LogP contribution in [0.4, 0.5) is 0 Å². The molecule has 1 aromatic carbocycles. The van der Waals surface area contributed by atoms with Gasteiger partial charge in [-0.15, -0.1) is 11.8 Å². The van der Waals surface area contributed by atoms with Crippen molar-refractivity contribution in [2.75, 3.05) is 32.0 Å². The van der Waals surface area contributed by atoms with Gasteiger partial charge in [0, 0.05) is 26.2 Å². The summed E-state index contributed by atoms with van der Waals surface area (Å²) in [5.41, 5.74) is 9.54. The van der Waals surface area contributed by atoms with Crippen molar-refractivity contribution in [3.05, 3.63) is 33.8 Å². The van der Waals surface area contributed by atoms with Crippen molar-refractivity contribution in [2.24, 2.45) is 10.8 Å². The van der Waals surface area contributed by atoms with Gasteiger partial charge >= 0.3 is 0 Å². The minimum Gasteiger partial charge on any atom is -0.377 e. The maximum atomic E-state index is 12.0. The predicted molar refractivity (Wildman–Crippen MR) is 113 cm³/mol. The quantitative estimate of drug-likeness (QED) is 0.585. The summed E-state index contributed by atoms with van der Waals surface area (Å²) in [5, 5.41) is 8.42. The van der Waals surface area contributed by atoms with Crippen LogP contribution in [0.2, 0.25) is 10.0 Å². The molecule has 1 saturated heterocycles. The van der Waals surface area contributed by atoms with Gasteiger partial charge in [-0.05, 0) is 29.5 Å². The van der Waals surface area contributed by atoms with E-state index in [1.54, 1.807) is 0 Å². The molecule has 2 aliphatic rings. The fourth-order valence-corrected chi connectivity index (χ4v) is 4.78. The largest absolute Gasteiger partial charge is 0.377 e. The summed E-state index contributed by atoms with van der Waals surface area (Å²) in [6.07, 6.45) is -0.0339. The number of amidine groups is 1. The van der Waals surface area contributed by atoms with Crippen molar-refractivity contribution in [3.8, 4) is 0 Å². The number of rotatable bonds is 7. The van der Waals surface area contributed by atoms with Gasteiger partial charge in [-0.3, -0.25) is 15.1 Å². The highest BCUT2D eigenvalue weighted by Crippen LogP contribution is 2.25. The summed E-state index contributed by atoms with van der Waals surface area (Å²) in [5.74, 6) is 0.311. The fourth-order valence-electron chi connectivity index (χ4n) is 2.72. The number of carbonyl (C=O) groups is 1. The smallest absolute Gasteiger partial charge is 0.230 e. The fraction of sp³-hybridized carbons (Fsp3) is 0.500. The van der Waals surface area contributed by atoms with Crippen molar-refractivity contribution in [1.82, 2.24) is 15.6 Å². The summed E-state index contributed by atoms with van der Waals surface area (Å²) in [7, 11) is 0. The van der Waals surface area contributed by atoms with E-state index in [0.29, 0.717) is 34.1 Å². The van der Waals surface area contributed by atoms with Gasteiger partial charge in [0.1, 0.15) is 4.71 Å². The zero-order chi connectivity index (χ0) is 19.2. The van der Waals surface area contributed by atoms with Crippen molar-refractivity contribution in [1.29, 1.82) is 0 Å². The number of hydrazone groups is 1. The van der Waals surface area contributed by atoms with Gasteiger partial charge < -0.3 is 15.8 Å². The maximum absolute atomic E-state index is 12.0. The van der Waals surface area contributed by atoms with Crippen LogP contribution < -0.4 is 16.5 Å². The third kappa shape index (κ3) is 6.62. The molecule has 0 saturated carbocycles. The Labute approximate surface area is 176 Å². The van der Waals surface area contributed by atoms with Crippen LogP contribution in [0.15, 0.2) is 23.3 Å². The van der Waals surface area contributed by atoms with E-state index < -0.39 is 0 Å². The van der Waals surface area contributed by atoms with E-state index in [0.717, 1.165) is 25.2 Å². The lowest BCUT2D eigenvalue weighted by molar-refractivity contribution is -0.119. The van der Waals surface area contributed by atoms with Gasteiger partial charge in [-0.25, -0.2) is 0 Å². The van der Waals surface area contributed by atoms with E-state index in [2.05, 4.69) is 20.7 Å². The number of nitrogens with zero attached hydrogens (tertiary/aromatic N) is 2. The average Bonchev–Trinajstić information content (AvgIpc) is 3.07. The summed E-state index contributed by atoms with van der Waals surface area (Å²) in [6, 6.07) is 5.67. The molecular formula is C16H21Cl2N5O2S2. The summed E-state index contributed by atoms with van der Waals surface area (Å²) < 4.78 is 5.76. The molecule has 11 heteroatoms. The van der Waals surface area contributed by atoms with Crippen LogP contribution in [0, 0.1) is 0 Å². The molecule has 3 rings (SSSR count). The van der Waals surface area contributed by atoms with Crippen LogP contribution in [-0.2, 0) is 16.1 Å². The summed E-state index contributed by atoms with van der Waals surface area (Å²) in [6.45, 7) is 3.48. The van der Waals surface area contributed by atoms with Crippen LogP contribution in [0.5, 0.6) is 0 Å². The zero-order valence-corrected chi connectivity index (χ0v) is 17.6. The predicted octanol–water partition coefficient (Wildman–Crippen LogP) is 1.89. The first kappa shape index (κ1) is 20.9. The monoisotopic (exact) mass is 449 g/mol. The molecule has 0 radical (unpaired) electrons. The molecule has 1 unspecified atom stereocenters. The topological polar surface area (TPSA) is 92.0 Å². The highest BCUT2D eigenvalue weighted by molar-refractivity contribution is 8.25. The van der Waals surface area contributed by atoms with E-state index >= 15 is 0 Å². The molecule has 2 heterocycles. The first-order valence-corrected chi connectivity index (χ1v) is 11.1. The zero-order valence-electron chi connectivity index (χ0n) is 14.5. The maximum Gasteiger partial charge on any atom is 0.230 e. The molecule has 7 nitrogen and oxygen atoms in total. The number of benzene rings is 1. The van der Waals surface area contributed by atoms with Crippen LogP contribution in [0.25, 0.3) is 0 Å². The second-order valence-electron chi connectivity index (χ2n) is 6.12. The Morgan fingerprint density at radius 3 is 3.07 bits per heavy atom. The Morgan fingerprint density at radius 2 is 2.33 bits per heavy atom. The molecule has 0 aliphatic carbocycles. The molecule has 2 aliphatic heterocycles. The number of nitrogens with two attached hydrogens (primary N) is 1. The van der Waals surface area contributed by atoms with Crippen LogP contribution in [0.1, 0.15) is 5.56 Å². The molecule has 27 heavy (non-hydrogen) atoms. The number of nitrogens with one attached hydrogen (secondary N) is 2. The number of ether oxygens (including phenoxy) is 1. The van der Waals surface area contributed by atoms with E-state index in [1.165, 1.54) is 23.5 Å². The van der Waals surface area contributed by atoms with E-state index in [1.807, 2.05) is 18.2 Å². The Morgan fingerprint density at radius 1 is 1.48 bits per heavy atom. The number of amides is 1. The first-order valence-electron chi connectivity index (χ1n) is 8.41. The molecule has 2 atom stereocenters. The summed E-state index contributed by atoms with van der Waals surface area (Å²) >= 11 is 14.9. The Balaban J connectivity index is 1.37. The third-order valence-corrected chi connectivity index (χ3v) is 6.94. The highest BCUT2D eigenvalue weighted by Gasteiger charge is 2.22. The number of halogens is 2. The van der Waals surface area contributed by atoms with Crippen molar-refractivity contribution >= 4 is 57.8 Å². The minimum atomic E-state index is -0.0339. The normalized spacial score (nSPS) is 23.0. The standard InChI is InChI=1S/C16H21Cl2N5O2S2/c17-12-2-1-10(5-13(12)18)7-23-3-4-25-11(8-23)6-20-14(24)9-26-16-22-21-15(19)27-16/h1-2,5,11,16,22H,3-4,6-9H2,(H2,19,21)(H,20,24)/t11-,16?/m0/s1. The Hall–Kier alpha value is -0.840. The molecule has 0 spiro atoms. The van der Waals surface area contributed by atoms with Crippen LogP contribution in [-0.4, -0.2) is 58.8 Å². The number of morpholine rings is 1. The second kappa shape index (κ2) is 10.1. The first-order chi connectivity index (χ1) is 13.0. The third-order valence-electron chi connectivity index (χ3n) is 4.01. The van der Waals surface area contributed by atoms with Gasteiger partial charge in [-0.1, -0.05) is 29.3 Å². The molecule has 0 aromatic heterocycles. The molecule has 148 valence electrons. The molecule has 1 amide bonds. The van der Waals surface area contributed by atoms with E-state index in [4.69, 9.17) is 33.7 Å². The number of carbonyl (C=O) groups excluding carboxylic acids is 1. The van der Waals surface area contributed by atoms with Crippen LogP contribution >= 0.6 is 46.7 Å². The van der Waals surface area contributed by atoms with Gasteiger partial charge in [0.15, 0.2) is 5.17 Å². The number of hydrogen-bond acceptors (Lipinski definition) is 8. The molecule has 0 bridgehead atoms. The SMILES string of the molecule is NC1=NNC(SCC(=O)NC[C@H]2CN(Cc3ccc(Cl)c(Cl)c3)CCO2)S1. The highest BCUT2D eigenvalue weighted by atomic mass is 35.5. The Kier molecular flexibility index (Phi) is 7.80. The lowest BCUT2D eigenvalue weighted by Crippen LogP contribution is -2.47. The van der Waals surface area contributed by atoms with Gasteiger partial charge in [0.25, 0.3) is 0 Å². The lowest BCUT2D eigenvalue weighted by Gasteiger charge is -2.33. The number of hydrogen-bond donors (Lipinski definition) is 3. The van der Waals surface area contributed by atoms with Crippen LogP contribution in [0.3, 0.4) is 0 Å². The molecule has 4 N–H and O–H groups in total. The van der Waals surface area contributed by atoms with E-state index in [9.17, 15) is 4.79 Å². The summed E-state index contributed by atoms with van der Waals surface area (Å²) in [4.78, 5) is 14.3. The van der Waals surface area contributed by atoms with Crippen molar-refractivity contribution in [2.45, 2.75) is 17.4 Å². The molecular weight excluding hydrogens is 429 g/mol. The van der Waals surface area contributed by atoms with Crippen molar-refractivity contribution in [3.63, 3.8) is 0 Å². The minimum absolute atomic E-state index is 0.0108. The van der Waals surface area contributed by atoms with Gasteiger partial charge in [0.05, 0.1) is 28.5 Å². The average molecular weight is 450 g/mol. The van der Waals surface area contributed by atoms with Crippen molar-refractivity contribution < 1.29 is 9.53 Å². The molecule has 1 fully saturated rings. The van der Waals surface area contributed by atoms with E-state index in [-0.39, 0.29) is 16.7 Å².